The number of hydrogen-bond donors (Lipinski definition) is 1. The van der Waals surface area contributed by atoms with E-state index in [4.69, 9.17) is 4.98 Å². The first-order chi connectivity index (χ1) is 9.70. The smallest absolute Gasteiger partial charge is 0.203 e. The topological polar surface area (TPSA) is 29.9 Å². The molecule has 0 fully saturated rings. The van der Waals surface area contributed by atoms with Crippen LogP contribution in [0.4, 0.5) is 5.95 Å². The molecular weight excluding hydrogens is 246 g/mol. The average molecular weight is 269 g/mol. The van der Waals surface area contributed by atoms with Crippen molar-refractivity contribution in [2.24, 2.45) is 0 Å². The van der Waals surface area contributed by atoms with Crippen LogP contribution in [0.15, 0.2) is 24.3 Å². The van der Waals surface area contributed by atoms with Gasteiger partial charge in [0.15, 0.2) is 0 Å². The quantitative estimate of drug-likeness (QED) is 0.905. The van der Waals surface area contributed by atoms with Crippen LogP contribution < -0.4 is 5.32 Å². The Bertz CT molecular complexity index is 595. The second kappa shape index (κ2) is 5.31. The molecule has 0 saturated carbocycles. The first-order valence-electron chi connectivity index (χ1n) is 7.62. The fraction of sp³-hybridized carbons (Fsp3) is 0.471. The molecule has 1 unspecified atom stereocenters. The van der Waals surface area contributed by atoms with E-state index in [1.807, 2.05) is 0 Å². The number of rotatable bonds is 3. The number of imidazole rings is 1. The highest BCUT2D eigenvalue weighted by molar-refractivity contribution is 5.65. The van der Waals surface area contributed by atoms with Crippen molar-refractivity contribution < 1.29 is 0 Å². The minimum Gasteiger partial charge on any atom is -0.356 e. The number of hydrogen-bond acceptors (Lipinski definition) is 2. The van der Waals surface area contributed by atoms with E-state index in [1.54, 1.807) is 0 Å². The summed E-state index contributed by atoms with van der Waals surface area (Å²) in [5.74, 6) is 1.65. The molecule has 2 aromatic rings. The summed E-state index contributed by atoms with van der Waals surface area (Å²) in [6.07, 6.45) is 2.36. The number of fused-ring (bicyclic) bond motifs is 1. The Kier molecular flexibility index (Phi) is 3.51. The maximum absolute atomic E-state index is 4.77. The molecule has 0 spiro atoms. The van der Waals surface area contributed by atoms with Crippen molar-refractivity contribution in [3.8, 4) is 11.3 Å². The standard InChI is InChI=1S/C17H23N3/c1-4-12(2)14-6-8-15(9-7-14)16-13(3)20-11-5-10-18-17(20)19-16/h6-9,12H,4-5,10-11H2,1-3H3,(H,18,19). The van der Waals surface area contributed by atoms with Crippen molar-refractivity contribution in [1.82, 2.24) is 9.55 Å². The zero-order valence-electron chi connectivity index (χ0n) is 12.6. The van der Waals surface area contributed by atoms with Crippen LogP contribution in [-0.4, -0.2) is 16.1 Å². The van der Waals surface area contributed by atoms with Gasteiger partial charge in [-0.15, -0.1) is 0 Å². The molecule has 1 aromatic heterocycles. The Balaban J connectivity index is 1.95. The first-order valence-corrected chi connectivity index (χ1v) is 7.62. The van der Waals surface area contributed by atoms with Gasteiger partial charge in [-0.05, 0) is 31.2 Å². The minimum absolute atomic E-state index is 0.627. The Labute approximate surface area is 121 Å². The fourth-order valence-electron chi connectivity index (χ4n) is 2.86. The Morgan fingerprint density at radius 1 is 1.30 bits per heavy atom. The fourth-order valence-corrected chi connectivity index (χ4v) is 2.86. The van der Waals surface area contributed by atoms with Crippen molar-refractivity contribution in [1.29, 1.82) is 0 Å². The third-order valence-electron chi connectivity index (χ3n) is 4.43. The molecule has 1 aliphatic rings. The third-order valence-corrected chi connectivity index (χ3v) is 4.43. The molecule has 2 heterocycles. The van der Waals surface area contributed by atoms with E-state index in [-0.39, 0.29) is 0 Å². The Hall–Kier alpha value is -1.77. The van der Waals surface area contributed by atoms with E-state index in [1.165, 1.54) is 29.7 Å². The second-order valence-corrected chi connectivity index (χ2v) is 5.73. The highest BCUT2D eigenvalue weighted by Crippen LogP contribution is 2.29. The zero-order valence-corrected chi connectivity index (χ0v) is 12.6. The lowest BCUT2D eigenvalue weighted by atomic mass is 9.97. The van der Waals surface area contributed by atoms with Crippen molar-refractivity contribution >= 4 is 5.95 Å². The lowest BCUT2D eigenvalue weighted by molar-refractivity contribution is 0.615. The van der Waals surface area contributed by atoms with Crippen LogP contribution in [0.2, 0.25) is 0 Å². The zero-order chi connectivity index (χ0) is 14.1. The molecule has 1 aromatic carbocycles. The predicted molar refractivity (Wildman–Crippen MR) is 84.2 cm³/mol. The maximum Gasteiger partial charge on any atom is 0.203 e. The molecule has 20 heavy (non-hydrogen) atoms. The summed E-state index contributed by atoms with van der Waals surface area (Å²) in [5.41, 5.74) is 5.02. The highest BCUT2D eigenvalue weighted by atomic mass is 15.2. The predicted octanol–water partition coefficient (Wildman–Crippen LogP) is 4.19. The van der Waals surface area contributed by atoms with Crippen molar-refractivity contribution in [3.63, 3.8) is 0 Å². The van der Waals surface area contributed by atoms with Gasteiger partial charge in [0.05, 0.1) is 5.69 Å². The van der Waals surface area contributed by atoms with Gasteiger partial charge in [-0.3, -0.25) is 0 Å². The van der Waals surface area contributed by atoms with Crippen LogP contribution in [0, 0.1) is 6.92 Å². The number of benzene rings is 1. The molecule has 0 amide bonds. The van der Waals surface area contributed by atoms with Crippen LogP contribution >= 0.6 is 0 Å². The molecule has 1 atom stereocenters. The normalized spacial score (nSPS) is 15.6. The summed E-state index contributed by atoms with van der Waals surface area (Å²) >= 11 is 0. The van der Waals surface area contributed by atoms with Gasteiger partial charge in [0.1, 0.15) is 0 Å². The van der Waals surface area contributed by atoms with Gasteiger partial charge in [0, 0.05) is 24.3 Å². The summed E-state index contributed by atoms with van der Waals surface area (Å²) in [6.45, 7) is 8.79. The summed E-state index contributed by atoms with van der Waals surface area (Å²) in [7, 11) is 0. The molecule has 1 aliphatic heterocycles. The number of aromatic nitrogens is 2. The molecule has 0 radical (unpaired) electrons. The largest absolute Gasteiger partial charge is 0.356 e. The van der Waals surface area contributed by atoms with Gasteiger partial charge < -0.3 is 9.88 Å². The number of anilines is 1. The van der Waals surface area contributed by atoms with E-state index in [0.717, 1.165) is 24.7 Å². The van der Waals surface area contributed by atoms with E-state index >= 15 is 0 Å². The molecule has 1 N–H and O–H groups in total. The Morgan fingerprint density at radius 2 is 2.05 bits per heavy atom. The van der Waals surface area contributed by atoms with Gasteiger partial charge in [-0.25, -0.2) is 4.98 Å². The van der Waals surface area contributed by atoms with Crippen molar-refractivity contribution in [2.75, 3.05) is 11.9 Å². The molecule has 0 saturated heterocycles. The SMILES string of the molecule is CCC(C)c1ccc(-c2nc3n(c2C)CCCN3)cc1. The van der Waals surface area contributed by atoms with Crippen LogP contribution in [0.25, 0.3) is 11.3 Å². The molecule has 3 heteroatoms. The van der Waals surface area contributed by atoms with Crippen LogP contribution in [-0.2, 0) is 6.54 Å². The van der Waals surface area contributed by atoms with Gasteiger partial charge >= 0.3 is 0 Å². The van der Waals surface area contributed by atoms with E-state index in [2.05, 4.69) is 54.9 Å². The lowest BCUT2D eigenvalue weighted by Crippen LogP contribution is -2.17. The summed E-state index contributed by atoms with van der Waals surface area (Å²) in [6, 6.07) is 8.91. The van der Waals surface area contributed by atoms with Crippen LogP contribution in [0.3, 0.4) is 0 Å². The first kappa shape index (κ1) is 13.2. The van der Waals surface area contributed by atoms with E-state index in [9.17, 15) is 0 Å². The third kappa shape index (κ3) is 2.21. The minimum atomic E-state index is 0.627. The van der Waals surface area contributed by atoms with Gasteiger partial charge in [0.25, 0.3) is 0 Å². The summed E-state index contributed by atoms with van der Waals surface area (Å²) < 4.78 is 2.29. The second-order valence-electron chi connectivity index (χ2n) is 5.73. The maximum atomic E-state index is 4.77. The molecule has 106 valence electrons. The lowest BCUT2D eigenvalue weighted by Gasteiger charge is -2.16. The van der Waals surface area contributed by atoms with Gasteiger partial charge in [-0.2, -0.15) is 0 Å². The van der Waals surface area contributed by atoms with Crippen LogP contribution in [0.1, 0.15) is 43.9 Å². The number of nitrogens with one attached hydrogen (secondary N) is 1. The van der Waals surface area contributed by atoms with E-state index in [0.29, 0.717) is 5.92 Å². The van der Waals surface area contributed by atoms with Crippen molar-refractivity contribution in [3.05, 3.63) is 35.5 Å². The molecule has 3 rings (SSSR count). The van der Waals surface area contributed by atoms with Crippen molar-refractivity contribution in [2.45, 2.75) is 46.1 Å². The molecule has 0 bridgehead atoms. The monoisotopic (exact) mass is 269 g/mol. The highest BCUT2D eigenvalue weighted by Gasteiger charge is 2.17. The average Bonchev–Trinajstić information content (AvgIpc) is 2.84. The molecule has 0 aliphatic carbocycles. The van der Waals surface area contributed by atoms with Gasteiger partial charge in [-0.1, -0.05) is 38.1 Å². The summed E-state index contributed by atoms with van der Waals surface area (Å²) in [4.78, 5) is 4.77. The molecular formula is C17H23N3. The van der Waals surface area contributed by atoms with Gasteiger partial charge in [0.2, 0.25) is 5.95 Å². The van der Waals surface area contributed by atoms with E-state index < -0.39 is 0 Å². The van der Waals surface area contributed by atoms with Crippen LogP contribution in [0.5, 0.6) is 0 Å². The summed E-state index contributed by atoms with van der Waals surface area (Å²) in [5, 5.41) is 3.38. The molecule has 3 nitrogen and oxygen atoms in total. The Morgan fingerprint density at radius 3 is 2.70 bits per heavy atom. The number of nitrogens with zero attached hydrogens (tertiary/aromatic N) is 2.